The Morgan fingerprint density at radius 3 is 2.71 bits per heavy atom. The van der Waals surface area contributed by atoms with Gasteiger partial charge in [0.15, 0.2) is 0 Å². The summed E-state index contributed by atoms with van der Waals surface area (Å²) in [6.07, 6.45) is 0. The Balaban J connectivity index is 2.31. The third-order valence-corrected chi connectivity index (χ3v) is 3.27. The molecule has 1 amide bonds. The Hall–Kier alpha value is -1.49. The molecule has 0 atom stereocenters. The van der Waals surface area contributed by atoms with Crippen molar-refractivity contribution in [3.63, 3.8) is 0 Å². The second kappa shape index (κ2) is 6.98. The Bertz CT molecular complexity index is 677. The number of anilines is 1. The largest absolute Gasteiger partial charge is 0.492 e. The van der Waals surface area contributed by atoms with Gasteiger partial charge < -0.3 is 10.1 Å². The number of amides is 1. The van der Waals surface area contributed by atoms with Crippen molar-refractivity contribution >= 4 is 46.4 Å². The third-order valence-electron chi connectivity index (χ3n) is 2.52. The Kier molecular flexibility index (Phi) is 5.28. The zero-order valence-corrected chi connectivity index (χ0v) is 13.3. The van der Waals surface area contributed by atoms with E-state index in [1.54, 1.807) is 18.2 Å². The van der Waals surface area contributed by atoms with Crippen LogP contribution in [0, 0.1) is 0 Å². The highest BCUT2D eigenvalue weighted by molar-refractivity contribution is 6.35. The van der Waals surface area contributed by atoms with Crippen molar-refractivity contribution in [2.75, 3.05) is 11.9 Å². The van der Waals surface area contributed by atoms with Crippen molar-refractivity contribution in [2.45, 2.75) is 6.92 Å². The summed E-state index contributed by atoms with van der Waals surface area (Å²) in [4.78, 5) is 16.2. The molecule has 4 nitrogen and oxygen atoms in total. The second-order valence-corrected chi connectivity index (χ2v) is 5.22. The lowest BCUT2D eigenvalue weighted by Gasteiger charge is -2.12. The van der Waals surface area contributed by atoms with E-state index in [-0.39, 0.29) is 15.9 Å². The zero-order valence-electron chi connectivity index (χ0n) is 11.0. The first-order valence-corrected chi connectivity index (χ1v) is 7.20. The van der Waals surface area contributed by atoms with Gasteiger partial charge in [0.1, 0.15) is 16.6 Å². The molecule has 21 heavy (non-hydrogen) atoms. The molecule has 0 saturated heterocycles. The first kappa shape index (κ1) is 15.9. The lowest BCUT2D eigenvalue weighted by molar-refractivity contribution is 0.102. The highest BCUT2D eigenvalue weighted by atomic mass is 35.5. The van der Waals surface area contributed by atoms with Gasteiger partial charge in [-0.05, 0) is 37.3 Å². The summed E-state index contributed by atoms with van der Waals surface area (Å²) in [6, 6.07) is 7.95. The number of halogens is 3. The summed E-state index contributed by atoms with van der Waals surface area (Å²) in [7, 11) is 0. The number of aromatic nitrogens is 1. The number of pyridine rings is 1. The lowest BCUT2D eigenvalue weighted by atomic mass is 10.2. The van der Waals surface area contributed by atoms with Crippen LogP contribution in [0.25, 0.3) is 0 Å². The lowest BCUT2D eigenvalue weighted by Crippen LogP contribution is -2.15. The molecule has 0 radical (unpaired) electrons. The van der Waals surface area contributed by atoms with Gasteiger partial charge in [0.2, 0.25) is 0 Å². The Morgan fingerprint density at radius 2 is 2.00 bits per heavy atom. The van der Waals surface area contributed by atoms with E-state index in [1.807, 2.05) is 6.92 Å². The van der Waals surface area contributed by atoms with Crippen LogP contribution in [-0.4, -0.2) is 17.5 Å². The van der Waals surface area contributed by atoms with E-state index in [1.165, 1.54) is 12.1 Å². The number of nitrogens with zero attached hydrogens (tertiary/aromatic N) is 1. The number of ether oxygens (including phenoxy) is 1. The fourth-order valence-electron chi connectivity index (χ4n) is 1.64. The highest BCUT2D eigenvalue weighted by Gasteiger charge is 2.15. The Morgan fingerprint density at radius 1 is 1.24 bits per heavy atom. The summed E-state index contributed by atoms with van der Waals surface area (Å²) in [6.45, 7) is 2.30. The molecule has 1 heterocycles. The van der Waals surface area contributed by atoms with E-state index in [0.717, 1.165) is 0 Å². The van der Waals surface area contributed by atoms with Crippen molar-refractivity contribution in [3.8, 4) is 5.75 Å². The molecule has 1 aromatic heterocycles. The highest BCUT2D eigenvalue weighted by Crippen LogP contribution is 2.29. The summed E-state index contributed by atoms with van der Waals surface area (Å²) in [5.41, 5.74) is 0.471. The topological polar surface area (TPSA) is 51.2 Å². The number of hydrogen-bond acceptors (Lipinski definition) is 3. The molecule has 0 saturated carbocycles. The number of benzene rings is 1. The van der Waals surface area contributed by atoms with Crippen LogP contribution >= 0.6 is 34.8 Å². The fraction of sp³-hybridized carbons (Fsp3) is 0.143. The van der Waals surface area contributed by atoms with E-state index in [2.05, 4.69) is 10.3 Å². The minimum Gasteiger partial charge on any atom is -0.492 e. The van der Waals surface area contributed by atoms with Crippen LogP contribution in [0.5, 0.6) is 5.75 Å². The molecular weight excluding hydrogens is 335 g/mol. The van der Waals surface area contributed by atoms with Crippen molar-refractivity contribution in [3.05, 3.63) is 51.2 Å². The summed E-state index contributed by atoms with van der Waals surface area (Å²) >= 11 is 17.7. The van der Waals surface area contributed by atoms with Gasteiger partial charge in [-0.25, -0.2) is 4.98 Å². The molecule has 7 heteroatoms. The first-order valence-electron chi connectivity index (χ1n) is 6.07. The molecule has 0 aliphatic heterocycles. The van der Waals surface area contributed by atoms with Crippen molar-refractivity contribution in [1.82, 2.24) is 4.98 Å². The molecular formula is C14H11Cl3N2O2. The summed E-state index contributed by atoms with van der Waals surface area (Å²) in [5.74, 6) is 0.0131. The monoisotopic (exact) mass is 344 g/mol. The van der Waals surface area contributed by atoms with Gasteiger partial charge in [0.25, 0.3) is 5.91 Å². The van der Waals surface area contributed by atoms with Crippen LogP contribution in [0.4, 0.5) is 5.69 Å². The van der Waals surface area contributed by atoms with Gasteiger partial charge in [-0.3, -0.25) is 4.79 Å². The van der Waals surface area contributed by atoms with E-state index >= 15 is 0 Å². The van der Waals surface area contributed by atoms with Crippen LogP contribution in [0.3, 0.4) is 0 Å². The van der Waals surface area contributed by atoms with Crippen molar-refractivity contribution in [2.24, 2.45) is 0 Å². The zero-order chi connectivity index (χ0) is 15.4. The molecule has 0 fully saturated rings. The molecule has 2 aromatic rings. The van der Waals surface area contributed by atoms with Gasteiger partial charge in [-0.1, -0.05) is 34.8 Å². The van der Waals surface area contributed by atoms with Crippen LogP contribution in [-0.2, 0) is 0 Å². The van der Waals surface area contributed by atoms with Gasteiger partial charge in [0.05, 0.1) is 17.3 Å². The number of carbonyl (C=O) groups is 1. The summed E-state index contributed by atoms with van der Waals surface area (Å²) < 4.78 is 5.43. The average molecular weight is 346 g/mol. The standard InChI is InChI=1S/C14H11Cl3N2O2/c1-2-21-11-5-3-8(15)7-10(11)18-14(20)13-9(16)4-6-12(17)19-13/h3-7H,2H2,1H3,(H,18,20). The number of carbonyl (C=O) groups excluding carboxylic acids is 1. The second-order valence-electron chi connectivity index (χ2n) is 3.99. The van der Waals surface area contributed by atoms with E-state index in [9.17, 15) is 4.79 Å². The van der Waals surface area contributed by atoms with Crippen LogP contribution in [0.15, 0.2) is 30.3 Å². The van der Waals surface area contributed by atoms with Gasteiger partial charge >= 0.3 is 0 Å². The maximum absolute atomic E-state index is 12.2. The Labute approximate surface area is 137 Å². The van der Waals surface area contributed by atoms with E-state index in [4.69, 9.17) is 39.5 Å². The molecule has 1 N–H and O–H groups in total. The molecule has 0 aliphatic rings. The van der Waals surface area contributed by atoms with E-state index in [0.29, 0.717) is 23.1 Å². The molecule has 110 valence electrons. The van der Waals surface area contributed by atoms with E-state index < -0.39 is 5.91 Å². The van der Waals surface area contributed by atoms with Crippen molar-refractivity contribution < 1.29 is 9.53 Å². The predicted molar refractivity (Wildman–Crippen MR) is 84.8 cm³/mol. The average Bonchev–Trinajstić information content (AvgIpc) is 2.44. The predicted octanol–water partition coefficient (Wildman–Crippen LogP) is 4.69. The molecule has 1 aromatic carbocycles. The molecule has 2 rings (SSSR count). The van der Waals surface area contributed by atoms with Gasteiger partial charge in [0, 0.05) is 5.02 Å². The number of rotatable bonds is 4. The minimum atomic E-state index is -0.495. The summed E-state index contributed by atoms with van der Waals surface area (Å²) in [5, 5.41) is 3.52. The van der Waals surface area contributed by atoms with Crippen LogP contribution in [0.1, 0.15) is 17.4 Å². The molecule has 0 spiro atoms. The maximum atomic E-state index is 12.2. The molecule has 0 aliphatic carbocycles. The minimum absolute atomic E-state index is 0.0339. The SMILES string of the molecule is CCOc1ccc(Cl)cc1NC(=O)c1nc(Cl)ccc1Cl. The number of nitrogens with one attached hydrogen (secondary N) is 1. The van der Waals surface area contributed by atoms with Crippen LogP contribution in [0.2, 0.25) is 15.2 Å². The molecule has 0 bridgehead atoms. The third kappa shape index (κ3) is 4.00. The van der Waals surface area contributed by atoms with Gasteiger partial charge in [-0.2, -0.15) is 0 Å². The smallest absolute Gasteiger partial charge is 0.275 e. The van der Waals surface area contributed by atoms with Crippen LogP contribution < -0.4 is 10.1 Å². The molecule has 0 unspecified atom stereocenters. The fourth-order valence-corrected chi connectivity index (χ4v) is 2.15. The normalized spacial score (nSPS) is 10.3. The quantitative estimate of drug-likeness (QED) is 0.818. The number of hydrogen-bond donors (Lipinski definition) is 1. The van der Waals surface area contributed by atoms with Gasteiger partial charge in [-0.15, -0.1) is 0 Å². The first-order chi connectivity index (χ1) is 10.0. The van der Waals surface area contributed by atoms with Crippen molar-refractivity contribution in [1.29, 1.82) is 0 Å². The maximum Gasteiger partial charge on any atom is 0.275 e.